The van der Waals surface area contributed by atoms with E-state index in [0.717, 1.165) is 22.2 Å². The average Bonchev–Trinajstić information content (AvgIpc) is 3.24. The minimum absolute atomic E-state index is 0.181. The van der Waals surface area contributed by atoms with Crippen molar-refractivity contribution in [3.05, 3.63) is 58.4 Å². The Kier molecular flexibility index (Phi) is 5.54. The largest absolute Gasteiger partial charge is 0.438 e. The summed E-state index contributed by atoms with van der Waals surface area (Å²) in [6.45, 7) is 4.13. The van der Waals surface area contributed by atoms with Crippen molar-refractivity contribution in [3.63, 3.8) is 0 Å². The summed E-state index contributed by atoms with van der Waals surface area (Å²) in [5.74, 6) is -0.990. The molecule has 1 aliphatic rings. The van der Waals surface area contributed by atoms with Gasteiger partial charge in [0.2, 0.25) is 5.09 Å². The van der Waals surface area contributed by atoms with E-state index in [2.05, 4.69) is 4.90 Å². The van der Waals surface area contributed by atoms with Crippen LogP contribution in [0, 0.1) is 6.92 Å². The van der Waals surface area contributed by atoms with Gasteiger partial charge in [-0.05, 0) is 30.7 Å². The van der Waals surface area contributed by atoms with Crippen LogP contribution in [-0.2, 0) is 16.6 Å². The highest BCUT2D eigenvalue weighted by atomic mass is 35.5. The van der Waals surface area contributed by atoms with Gasteiger partial charge in [-0.25, -0.2) is 13.4 Å². The fraction of sp³-hybridized carbons (Fsp3) is 0.300. The number of rotatable bonds is 5. The van der Waals surface area contributed by atoms with Crippen LogP contribution in [0.15, 0.2) is 45.9 Å². The van der Waals surface area contributed by atoms with Crippen LogP contribution in [0.25, 0.3) is 10.9 Å². The lowest BCUT2D eigenvalue weighted by Crippen LogP contribution is -2.48. The predicted octanol–water partition coefficient (Wildman–Crippen LogP) is 2.40. The second-order valence-electron chi connectivity index (χ2n) is 7.18. The maximum absolute atomic E-state index is 12.8. The Morgan fingerprint density at radius 3 is 2.53 bits per heavy atom. The lowest BCUT2D eigenvalue weighted by molar-refractivity contribution is 0.0968. The molecule has 1 fully saturated rings. The minimum atomic E-state index is -3.82. The van der Waals surface area contributed by atoms with E-state index in [1.54, 1.807) is 0 Å². The lowest BCUT2D eigenvalue weighted by Gasteiger charge is -2.33. The van der Waals surface area contributed by atoms with Gasteiger partial charge >= 0.3 is 0 Å². The van der Waals surface area contributed by atoms with E-state index in [-0.39, 0.29) is 10.9 Å². The molecule has 1 aromatic carbocycles. The number of fused-ring (bicyclic) bond motifs is 1. The molecule has 1 amide bonds. The average molecular weight is 449 g/mol. The molecule has 0 spiro atoms. The maximum Gasteiger partial charge on any atom is 0.284 e. The third-order valence-corrected chi connectivity index (χ3v) is 7.54. The second-order valence-corrected chi connectivity index (χ2v) is 9.42. The zero-order valence-electron chi connectivity index (χ0n) is 16.3. The van der Waals surface area contributed by atoms with Gasteiger partial charge in [-0.2, -0.15) is 4.31 Å². The van der Waals surface area contributed by atoms with Crippen molar-refractivity contribution in [1.82, 2.24) is 14.2 Å². The molecule has 1 saturated heterocycles. The summed E-state index contributed by atoms with van der Waals surface area (Å²) in [5, 5.41) is 1.38. The number of benzene rings is 1. The van der Waals surface area contributed by atoms with Gasteiger partial charge in [-0.3, -0.25) is 9.69 Å². The molecule has 3 aromatic rings. The third kappa shape index (κ3) is 3.81. The number of pyridine rings is 1. The van der Waals surface area contributed by atoms with Crippen molar-refractivity contribution >= 4 is 38.4 Å². The van der Waals surface area contributed by atoms with Crippen LogP contribution in [0.5, 0.6) is 0 Å². The van der Waals surface area contributed by atoms with Crippen molar-refractivity contribution in [2.75, 3.05) is 26.2 Å². The Morgan fingerprint density at radius 1 is 1.17 bits per heavy atom. The molecule has 0 saturated carbocycles. The number of nitrogens with zero attached hydrogens (tertiary/aromatic N) is 3. The van der Waals surface area contributed by atoms with Crippen LogP contribution in [0.1, 0.15) is 21.8 Å². The molecule has 4 rings (SSSR count). The number of hydrogen-bond donors (Lipinski definition) is 1. The standard InChI is InChI=1S/C20H21ClN4O4S/c1-13-14-4-2-3-5-15(14)23-16(19(13)21)12-24-8-10-25(11-9-24)30(27,28)18-7-6-17(29-18)20(22)26/h2-7H,8-12H2,1H3,(H2,22,26). The number of aryl methyl sites for hydroxylation is 1. The van der Waals surface area contributed by atoms with E-state index >= 15 is 0 Å². The van der Waals surface area contributed by atoms with E-state index < -0.39 is 15.9 Å². The molecule has 10 heteroatoms. The van der Waals surface area contributed by atoms with E-state index in [4.69, 9.17) is 26.7 Å². The van der Waals surface area contributed by atoms with Gasteiger partial charge < -0.3 is 10.2 Å². The lowest BCUT2D eigenvalue weighted by atomic mass is 10.1. The molecule has 2 N–H and O–H groups in total. The third-order valence-electron chi connectivity index (χ3n) is 5.27. The molecule has 0 atom stereocenters. The quantitative estimate of drug-likeness (QED) is 0.641. The summed E-state index contributed by atoms with van der Waals surface area (Å²) in [5.41, 5.74) is 7.79. The number of piperazine rings is 1. The Labute approximate surface area is 179 Å². The zero-order valence-corrected chi connectivity index (χ0v) is 17.9. The van der Waals surface area contributed by atoms with Gasteiger partial charge in [0.15, 0.2) is 5.76 Å². The molecule has 2 aromatic heterocycles. The van der Waals surface area contributed by atoms with Crippen LogP contribution in [-0.4, -0.2) is 54.7 Å². The van der Waals surface area contributed by atoms with Crippen molar-refractivity contribution in [1.29, 1.82) is 0 Å². The van der Waals surface area contributed by atoms with E-state index in [0.29, 0.717) is 37.7 Å². The molecule has 1 aliphatic heterocycles. The van der Waals surface area contributed by atoms with Crippen molar-refractivity contribution in [3.8, 4) is 0 Å². The first-order valence-electron chi connectivity index (χ1n) is 9.43. The molecule has 0 bridgehead atoms. The smallest absolute Gasteiger partial charge is 0.284 e. The van der Waals surface area contributed by atoms with Crippen LogP contribution in [0.4, 0.5) is 0 Å². The number of furan rings is 1. The number of halogens is 1. The molecule has 158 valence electrons. The Balaban J connectivity index is 1.47. The van der Waals surface area contributed by atoms with Crippen LogP contribution >= 0.6 is 11.6 Å². The summed E-state index contributed by atoms with van der Waals surface area (Å²) in [6.07, 6.45) is 0. The molecule has 0 radical (unpaired) electrons. The molecule has 8 nitrogen and oxygen atoms in total. The highest BCUT2D eigenvalue weighted by Gasteiger charge is 2.31. The Hall–Kier alpha value is -2.46. The highest BCUT2D eigenvalue weighted by Crippen LogP contribution is 2.28. The Bertz CT molecular complexity index is 1220. The van der Waals surface area contributed by atoms with Gasteiger partial charge in [0.1, 0.15) is 0 Å². The van der Waals surface area contributed by atoms with Crippen molar-refractivity contribution in [2.24, 2.45) is 5.73 Å². The minimum Gasteiger partial charge on any atom is -0.438 e. The van der Waals surface area contributed by atoms with E-state index in [1.807, 2.05) is 31.2 Å². The fourth-order valence-corrected chi connectivity index (χ4v) is 5.12. The zero-order chi connectivity index (χ0) is 21.5. The number of para-hydroxylation sites is 1. The molecule has 0 unspecified atom stereocenters. The fourth-order valence-electron chi connectivity index (χ4n) is 3.58. The molecular weight excluding hydrogens is 428 g/mol. The number of hydrogen-bond acceptors (Lipinski definition) is 6. The molecular formula is C20H21ClN4O4S. The summed E-state index contributed by atoms with van der Waals surface area (Å²) in [7, 11) is -3.82. The number of amides is 1. The predicted molar refractivity (Wildman–Crippen MR) is 113 cm³/mol. The summed E-state index contributed by atoms with van der Waals surface area (Å²) in [4.78, 5) is 18.0. The number of sulfonamides is 1. The SMILES string of the molecule is Cc1c(Cl)c(CN2CCN(S(=O)(=O)c3ccc(C(N)=O)o3)CC2)nc2ccccc12. The number of primary amides is 1. The van der Waals surface area contributed by atoms with Crippen LogP contribution in [0.3, 0.4) is 0 Å². The molecule has 0 aliphatic carbocycles. The normalized spacial score (nSPS) is 16.2. The Morgan fingerprint density at radius 2 is 1.87 bits per heavy atom. The van der Waals surface area contributed by atoms with Crippen LogP contribution in [0.2, 0.25) is 5.02 Å². The van der Waals surface area contributed by atoms with Crippen LogP contribution < -0.4 is 5.73 Å². The van der Waals surface area contributed by atoms with Crippen molar-refractivity contribution < 1.29 is 17.6 Å². The number of carbonyl (C=O) groups excluding carboxylic acids is 1. The van der Waals surface area contributed by atoms with Crippen molar-refractivity contribution in [2.45, 2.75) is 18.6 Å². The first-order valence-corrected chi connectivity index (χ1v) is 11.2. The van der Waals surface area contributed by atoms with E-state index in [1.165, 1.54) is 16.4 Å². The monoisotopic (exact) mass is 448 g/mol. The van der Waals surface area contributed by atoms with Gasteiger partial charge in [-0.1, -0.05) is 29.8 Å². The van der Waals surface area contributed by atoms with Gasteiger partial charge in [-0.15, -0.1) is 0 Å². The summed E-state index contributed by atoms with van der Waals surface area (Å²) in [6, 6.07) is 10.4. The first kappa shape index (κ1) is 20.8. The maximum atomic E-state index is 12.8. The number of nitrogens with two attached hydrogens (primary N) is 1. The second kappa shape index (κ2) is 7.99. The molecule has 30 heavy (non-hydrogen) atoms. The van der Waals surface area contributed by atoms with Gasteiger partial charge in [0.25, 0.3) is 15.9 Å². The summed E-state index contributed by atoms with van der Waals surface area (Å²) >= 11 is 6.55. The number of carbonyl (C=O) groups is 1. The van der Waals surface area contributed by atoms with E-state index in [9.17, 15) is 13.2 Å². The van der Waals surface area contributed by atoms with Gasteiger partial charge in [0.05, 0.1) is 16.2 Å². The number of aromatic nitrogens is 1. The topological polar surface area (TPSA) is 110 Å². The molecule has 3 heterocycles. The highest BCUT2D eigenvalue weighted by molar-refractivity contribution is 7.89. The summed E-state index contributed by atoms with van der Waals surface area (Å²) < 4.78 is 32.0. The first-order chi connectivity index (χ1) is 14.3. The van der Waals surface area contributed by atoms with Gasteiger partial charge in [0, 0.05) is 38.1 Å².